The van der Waals surface area contributed by atoms with Gasteiger partial charge in [-0.25, -0.2) is 0 Å². The Bertz CT molecular complexity index is 1040. The topological polar surface area (TPSA) is 51.3 Å². The van der Waals surface area contributed by atoms with Crippen LogP contribution < -0.4 is 9.47 Å². The maximum atomic E-state index is 13.1. The van der Waals surface area contributed by atoms with Crippen LogP contribution in [0.25, 0.3) is 17.0 Å². The summed E-state index contributed by atoms with van der Waals surface area (Å²) in [5.74, 6) is 1.52. The number of hydrogen-bond acceptors (Lipinski definition) is 3. The van der Waals surface area contributed by atoms with Crippen molar-refractivity contribution < 1.29 is 14.3 Å². The Hall–Kier alpha value is -3.01. The van der Waals surface area contributed by atoms with E-state index in [1.807, 2.05) is 30.3 Å². The highest BCUT2D eigenvalue weighted by Crippen LogP contribution is 2.34. The zero-order valence-electron chi connectivity index (χ0n) is 15.2. The lowest BCUT2D eigenvalue weighted by atomic mass is 9.89. The molecule has 1 aliphatic carbocycles. The summed E-state index contributed by atoms with van der Waals surface area (Å²) in [6.45, 7) is 2.07. The molecule has 1 aromatic heterocycles. The Labute approximate surface area is 152 Å². The molecule has 0 radical (unpaired) electrons. The number of aromatic nitrogens is 1. The molecule has 0 bridgehead atoms. The van der Waals surface area contributed by atoms with E-state index in [-0.39, 0.29) is 5.78 Å². The van der Waals surface area contributed by atoms with E-state index >= 15 is 0 Å². The van der Waals surface area contributed by atoms with Gasteiger partial charge in [-0.15, -0.1) is 0 Å². The van der Waals surface area contributed by atoms with Crippen LogP contribution in [-0.2, 0) is 6.42 Å². The summed E-state index contributed by atoms with van der Waals surface area (Å²) in [6, 6.07) is 11.9. The summed E-state index contributed by atoms with van der Waals surface area (Å²) < 4.78 is 10.7. The fourth-order valence-corrected chi connectivity index (χ4v) is 3.63. The van der Waals surface area contributed by atoms with Crippen molar-refractivity contribution in [1.82, 2.24) is 4.98 Å². The molecule has 26 heavy (non-hydrogen) atoms. The molecule has 0 fully saturated rings. The van der Waals surface area contributed by atoms with Crippen LogP contribution in [0.5, 0.6) is 11.5 Å². The highest BCUT2D eigenvalue weighted by atomic mass is 16.5. The molecule has 4 heteroatoms. The van der Waals surface area contributed by atoms with E-state index in [2.05, 4.69) is 24.0 Å². The summed E-state index contributed by atoms with van der Waals surface area (Å²) in [5, 5.41) is 1.16. The van der Waals surface area contributed by atoms with Crippen molar-refractivity contribution in [3.8, 4) is 11.5 Å². The number of aryl methyl sites for hydroxylation is 2. The Kier molecular flexibility index (Phi) is 4.03. The maximum absolute atomic E-state index is 13.1. The first-order valence-electron chi connectivity index (χ1n) is 8.69. The minimum Gasteiger partial charge on any atom is -0.497 e. The summed E-state index contributed by atoms with van der Waals surface area (Å²) in [5.41, 5.74) is 5.70. The highest BCUT2D eigenvalue weighted by molar-refractivity contribution is 6.15. The second-order valence-corrected chi connectivity index (χ2v) is 6.63. The molecule has 1 aliphatic rings. The normalized spacial score (nSPS) is 15.3. The second-order valence-electron chi connectivity index (χ2n) is 6.63. The minimum absolute atomic E-state index is 0.0602. The number of hydrogen-bond donors (Lipinski definition) is 1. The van der Waals surface area contributed by atoms with Gasteiger partial charge in [0.05, 0.1) is 19.9 Å². The van der Waals surface area contributed by atoms with Gasteiger partial charge >= 0.3 is 0 Å². The zero-order chi connectivity index (χ0) is 18.3. The molecule has 0 saturated carbocycles. The Balaban J connectivity index is 1.78. The second kappa shape index (κ2) is 6.37. The van der Waals surface area contributed by atoms with Gasteiger partial charge in [0.25, 0.3) is 0 Å². The first kappa shape index (κ1) is 16.5. The van der Waals surface area contributed by atoms with Crippen molar-refractivity contribution in [2.75, 3.05) is 14.2 Å². The molecule has 4 nitrogen and oxygen atoms in total. The molecule has 1 N–H and O–H groups in total. The number of H-pyrrole nitrogens is 1. The van der Waals surface area contributed by atoms with Crippen molar-refractivity contribution in [2.24, 2.45) is 0 Å². The van der Waals surface area contributed by atoms with Gasteiger partial charge in [0, 0.05) is 22.0 Å². The number of allylic oxidation sites excluding steroid dienone is 1. The minimum atomic E-state index is 0.0602. The van der Waals surface area contributed by atoms with Crippen molar-refractivity contribution in [3.05, 3.63) is 64.4 Å². The summed E-state index contributed by atoms with van der Waals surface area (Å²) >= 11 is 0. The Morgan fingerprint density at radius 2 is 1.88 bits per heavy atom. The van der Waals surface area contributed by atoms with E-state index in [4.69, 9.17) is 9.47 Å². The Morgan fingerprint density at radius 1 is 1.04 bits per heavy atom. The van der Waals surface area contributed by atoms with Gasteiger partial charge in [0.1, 0.15) is 11.5 Å². The molecule has 2 aromatic carbocycles. The first-order chi connectivity index (χ1) is 12.6. The van der Waals surface area contributed by atoms with E-state index in [1.165, 1.54) is 5.56 Å². The predicted octanol–water partition coefficient (Wildman–Crippen LogP) is 4.71. The van der Waals surface area contributed by atoms with Crippen molar-refractivity contribution >= 4 is 22.8 Å². The van der Waals surface area contributed by atoms with E-state index in [1.54, 1.807) is 14.2 Å². The van der Waals surface area contributed by atoms with E-state index in [9.17, 15) is 4.79 Å². The number of methoxy groups -OCH3 is 2. The summed E-state index contributed by atoms with van der Waals surface area (Å²) in [4.78, 5) is 16.4. The molecule has 0 amide bonds. The van der Waals surface area contributed by atoms with E-state index < -0.39 is 0 Å². The number of ether oxygens (including phenoxy) is 2. The lowest BCUT2D eigenvalue weighted by Crippen LogP contribution is -2.13. The standard InChI is InChI=1S/C22H21NO3/c1-13-4-8-19-18(10-13)17-7-5-14(22(24)21(17)23-19)11-15-12-16(25-2)6-9-20(15)26-3/h4,6,8-12,23H,5,7H2,1-3H3/b14-11-. The van der Waals surface area contributed by atoms with Crippen LogP contribution >= 0.6 is 0 Å². The number of carbonyl (C=O) groups is 1. The average Bonchev–Trinajstić information content (AvgIpc) is 3.02. The Morgan fingerprint density at radius 3 is 2.65 bits per heavy atom. The van der Waals surface area contributed by atoms with Crippen LogP contribution in [0.2, 0.25) is 0 Å². The molecule has 0 aliphatic heterocycles. The zero-order valence-corrected chi connectivity index (χ0v) is 15.2. The van der Waals surface area contributed by atoms with Crippen LogP contribution in [0, 0.1) is 6.92 Å². The summed E-state index contributed by atoms with van der Waals surface area (Å²) in [7, 11) is 3.26. The van der Waals surface area contributed by atoms with Crippen LogP contribution in [0.3, 0.4) is 0 Å². The number of fused-ring (bicyclic) bond motifs is 3. The number of Topliss-reactive ketones (excluding diaryl/α,β-unsaturated/α-hetero) is 1. The van der Waals surface area contributed by atoms with Gasteiger partial charge in [-0.05, 0) is 61.7 Å². The number of ketones is 1. The number of rotatable bonds is 3. The number of nitrogens with one attached hydrogen (secondary N) is 1. The molecule has 0 spiro atoms. The van der Waals surface area contributed by atoms with Gasteiger partial charge < -0.3 is 14.5 Å². The molecule has 132 valence electrons. The van der Waals surface area contributed by atoms with Gasteiger partial charge in [-0.2, -0.15) is 0 Å². The molecular weight excluding hydrogens is 326 g/mol. The first-order valence-corrected chi connectivity index (χ1v) is 8.69. The van der Waals surface area contributed by atoms with E-state index in [0.717, 1.165) is 45.5 Å². The monoisotopic (exact) mass is 347 g/mol. The summed E-state index contributed by atoms with van der Waals surface area (Å²) in [6.07, 6.45) is 3.49. The predicted molar refractivity (Wildman–Crippen MR) is 103 cm³/mol. The number of benzene rings is 2. The molecule has 0 saturated heterocycles. The molecular formula is C22H21NO3. The van der Waals surface area contributed by atoms with Crippen LogP contribution in [0.15, 0.2) is 42.0 Å². The number of carbonyl (C=O) groups excluding carboxylic acids is 1. The van der Waals surface area contributed by atoms with Gasteiger partial charge in [0.15, 0.2) is 0 Å². The maximum Gasteiger partial charge on any atom is 0.205 e. The van der Waals surface area contributed by atoms with Crippen LogP contribution in [0.1, 0.15) is 33.6 Å². The quantitative estimate of drug-likeness (QED) is 0.698. The third kappa shape index (κ3) is 2.68. The lowest BCUT2D eigenvalue weighted by molar-refractivity contribution is 0.102. The van der Waals surface area contributed by atoms with Crippen LogP contribution in [-0.4, -0.2) is 25.0 Å². The van der Waals surface area contributed by atoms with Gasteiger partial charge in [-0.1, -0.05) is 11.6 Å². The van der Waals surface area contributed by atoms with E-state index in [0.29, 0.717) is 12.1 Å². The average molecular weight is 347 g/mol. The fourth-order valence-electron chi connectivity index (χ4n) is 3.63. The molecule has 0 unspecified atom stereocenters. The van der Waals surface area contributed by atoms with Gasteiger partial charge in [-0.3, -0.25) is 4.79 Å². The smallest absolute Gasteiger partial charge is 0.205 e. The van der Waals surface area contributed by atoms with Crippen LogP contribution in [0.4, 0.5) is 0 Å². The van der Waals surface area contributed by atoms with Crippen molar-refractivity contribution in [2.45, 2.75) is 19.8 Å². The van der Waals surface area contributed by atoms with Gasteiger partial charge in [0.2, 0.25) is 5.78 Å². The third-order valence-electron chi connectivity index (χ3n) is 4.99. The van der Waals surface area contributed by atoms with Crippen molar-refractivity contribution in [3.63, 3.8) is 0 Å². The molecule has 4 rings (SSSR count). The lowest BCUT2D eigenvalue weighted by Gasteiger charge is -2.15. The fraction of sp³-hybridized carbons (Fsp3) is 0.227. The molecule has 1 heterocycles. The van der Waals surface area contributed by atoms with Crippen molar-refractivity contribution in [1.29, 1.82) is 0 Å². The largest absolute Gasteiger partial charge is 0.497 e. The molecule has 0 atom stereocenters. The number of aromatic amines is 1. The molecule has 3 aromatic rings. The SMILES string of the molecule is COc1ccc(OC)c(/C=C2/CCc3c([nH]c4ccc(C)cc34)C2=O)c1. The third-order valence-corrected chi connectivity index (χ3v) is 4.99. The highest BCUT2D eigenvalue weighted by Gasteiger charge is 2.26.